The summed E-state index contributed by atoms with van der Waals surface area (Å²) in [5.74, 6) is 0.470. The minimum atomic E-state index is -0.232. The Bertz CT molecular complexity index is 800. The molecule has 1 amide bonds. The van der Waals surface area contributed by atoms with Crippen LogP contribution in [0.1, 0.15) is 21.8 Å². The van der Waals surface area contributed by atoms with E-state index in [9.17, 15) is 4.79 Å². The van der Waals surface area contributed by atoms with Gasteiger partial charge in [0, 0.05) is 11.6 Å². The van der Waals surface area contributed by atoms with E-state index in [-0.39, 0.29) is 5.91 Å². The van der Waals surface area contributed by atoms with E-state index in [1.807, 2.05) is 30.3 Å². The quantitative estimate of drug-likeness (QED) is 0.674. The van der Waals surface area contributed by atoms with Crippen molar-refractivity contribution >= 4 is 23.2 Å². The maximum Gasteiger partial charge on any atom is 0.270 e. The van der Waals surface area contributed by atoms with Crippen molar-refractivity contribution in [3.63, 3.8) is 0 Å². The molecular formula is C19H18ClN3O2. The molecule has 0 fully saturated rings. The van der Waals surface area contributed by atoms with Gasteiger partial charge in [-0.05, 0) is 48.4 Å². The van der Waals surface area contributed by atoms with Crippen LogP contribution in [0.15, 0.2) is 65.4 Å². The molecule has 128 valence electrons. The largest absolute Gasteiger partial charge is 0.467 e. The first-order chi connectivity index (χ1) is 12.2. The van der Waals surface area contributed by atoms with Crippen molar-refractivity contribution in [1.29, 1.82) is 0 Å². The Morgan fingerprint density at radius 2 is 1.96 bits per heavy atom. The highest BCUT2D eigenvalue weighted by Crippen LogP contribution is 2.11. The van der Waals surface area contributed by atoms with Gasteiger partial charge < -0.3 is 15.1 Å². The predicted molar refractivity (Wildman–Crippen MR) is 97.8 cm³/mol. The fraction of sp³-hybridized carbons (Fsp3) is 0.158. The zero-order chi connectivity index (χ0) is 17.5. The van der Waals surface area contributed by atoms with Gasteiger partial charge in [0.2, 0.25) is 0 Å². The summed E-state index contributed by atoms with van der Waals surface area (Å²) in [6, 6.07) is 14.9. The van der Waals surface area contributed by atoms with Gasteiger partial charge in [0.05, 0.1) is 24.7 Å². The second kappa shape index (κ2) is 8.35. The van der Waals surface area contributed by atoms with Gasteiger partial charge >= 0.3 is 0 Å². The predicted octanol–water partition coefficient (Wildman–Crippen LogP) is 3.91. The molecule has 0 aliphatic heterocycles. The van der Waals surface area contributed by atoms with Gasteiger partial charge in [-0.25, -0.2) is 4.98 Å². The number of hydrogen-bond donors (Lipinski definition) is 2. The lowest BCUT2D eigenvalue weighted by atomic mass is 10.1. The number of nitrogens with zero attached hydrogens (tertiary/aromatic N) is 1. The summed E-state index contributed by atoms with van der Waals surface area (Å²) >= 11 is 5.87. The number of nitrogens with one attached hydrogen (secondary N) is 2. The van der Waals surface area contributed by atoms with Crippen molar-refractivity contribution in [1.82, 2.24) is 10.3 Å². The third-order valence-corrected chi connectivity index (χ3v) is 3.91. The number of hydrogen-bond acceptors (Lipinski definition) is 4. The molecular weight excluding hydrogens is 338 g/mol. The van der Waals surface area contributed by atoms with E-state index in [1.165, 1.54) is 5.56 Å². The molecule has 2 aromatic heterocycles. The molecule has 6 heteroatoms. The van der Waals surface area contributed by atoms with E-state index in [0.717, 1.165) is 23.7 Å². The van der Waals surface area contributed by atoms with E-state index in [2.05, 4.69) is 15.6 Å². The highest BCUT2D eigenvalue weighted by atomic mass is 35.5. The summed E-state index contributed by atoms with van der Waals surface area (Å²) in [7, 11) is 0. The molecule has 0 saturated heterocycles. The number of furan rings is 1. The van der Waals surface area contributed by atoms with E-state index < -0.39 is 0 Å². The Kier molecular flexibility index (Phi) is 5.69. The van der Waals surface area contributed by atoms with Gasteiger partial charge in [0.15, 0.2) is 0 Å². The number of pyridine rings is 1. The van der Waals surface area contributed by atoms with Crippen LogP contribution in [0.3, 0.4) is 0 Å². The van der Waals surface area contributed by atoms with Gasteiger partial charge in [-0.15, -0.1) is 0 Å². The van der Waals surface area contributed by atoms with Crippen LogP contribution in [0.4, 0.5) is 5.69 Å². The van der Waals surface area contributed by atoms with Crippen molar-refractivity contribution in [2.24, 2.45) is 0 Å². The second-order valence-electron chi connectivity index (χ2n) is 5.50. The molecule has 0 unspecified atom stereocenters. The minimum absolute atomic E-state index is 0.232. The van der Waals surface area contributed by atoms with Crippen molar-refractivity contribution in [3.8, 4) is 0 Å². The average Bonchev–Trinajstić information content (AvgIpc) is 3.15. The van der Waals surface area contributed by atoms with Crippen molar-refractivity contribution in [2.45, 2.75) is 13.0 Å². The lowest BCUT2D eigenvalue weighted by molar-refractivity contribution is 0.0943. The van der Waals surface area contributed by atoms with Gasteiger partial charge in [-0.3, -0.25) is 4.79 Å². The van der Waals surface area contributed by atoms with Gasteiger partial charge in [0.1, 0.15) is 11.5 Å². The van der Waals surface area contributed by atoms with Crippen LogP contribution in [-0.4, -0.2) is 17.4 Å². The van der Waals surface area contributed by atoms with Crippen LogP contribution >= 0.6 is 11.6 Å². The molecule has 3 aromatic rings. The lowest BCUT2D eigenvalue weighted by Gasteiger charge is -2.07. The number of amides is 1. The smallest absolute Gasteiger partial charge is 0.270 e. The summed E-state index contributed by atoms with van der Waals surface area (Å²) < 4.78 is 5.17. The molecule has 0 radical (unpaired) electrons. The second-order valence-corrected chi connectivity index (χ2v) is 5.93. The molecule has 3 rings (SSSR count). The fourth-order valence-electron chi connectivity index (χ4n) is 2.31. The molecule has 0 spiro atoms. The average molecular weight is 356 g/mol. The fourth-order valence-corrected chi connectivity index (χ4v) is 2.43. The number of carbonyl (C=O) groups excluding carboxylic acids is 1. The summed E-state index contributed by atoms with van der Waals surface area (Å²) in [4.78, 5) is 16.2. The van der Waals surface area contributed by atoms with E-state index in [0.29, 0.717) is 18.0 Å². The minimum Gasteiger partial charge on any atom is -0.467 e. The first kappa shape index (κ1) is 17.0. The molecule has 0 aliphatic carbocycles. The van der Waals surface area contributed by atoms with Crippen molar-refractivity contribution in [3.05, 3.63) is 83.0 Å². The first-order valence-corrected chi connectivity index (χ1v) is 8.33. The number of rotatable bonds is 7. The normalized spacial score (nSPS) is 10.4. The molecule has 5 nitrogen and oxygen atoms in total. The molecule has 1 aromatic carbocycles. The SMILES string of the molecule is O=C(NCc1ccco1)c1ccc(NCCc2ccc(Cl)cc2)cn1. The van der Waals surface area contributed by atoms with Crippen molar-refractivity contribution < 1.29 is 9.21 Å². The van der Waals surface area contributed by atoms with E-state index >= 15 is 0 Å². The first-order valence-electron chi connectivity index (χ1n) is 7.96. The summed E-state index contributed by atoms with van der Waals surface area (Å²) in [6.45, 7) is 1.11. The Labute approximate surface area is 151 Å². The maximum atomic E-state index is 12.0. The Morgan fingerprint density at radius 1 is 1.12 bits per heavy atom. The third-order valence-electron chi connectivity index (χ3n) is 3.66. The van der Waals surface area contributed by atoms with Gasteiger partial charge in [0.25, 0.3) is 5.91 Å². The number of halogens is 1. The molecule has 0 bridgehead atoms. The standard InChI is InChI=1S/C19H18ClN3O2/c20-15-5-3-14(4-6-15)9-10-21-16-7-8-18(22-12-16)19(24)23-13-17-2-1-11-25-17/h1-8,11-12,21H,9-10,13H2,(H,23,24). The van der Waals surface area contributed by atoms with E-state index in [4.69, 9.17) is 16.0 Å². The molecule has 25 heavy (non-hydrogen) atoms. The highest BCUT2D eigenvalue weighted by Gasteiger charge is 2.07. The highest BCUT2D eigenvalue weighted by molar-refractivity contribution is 6.30. The number of anilines is 1. The van der Waals surface area contributed by atoms with Crippen LogP contribution in [0.5, 0.6) is 0 Å². The summed E-state index contributed by atoms with van der Waals surface area (Å²) in [6.07, 6.45) is 4.11. The Balaban J connectivity index is 1.46. The lowest BCUT2D eigenvalue weighted by Crippen LogP contribution is -2.23. The van der Waals surface area contributed by atoms with Gasteiger partial charge in [-0.2, -0.15) is 0 Å². The Morgan fingerprint density at radius 3 is 2.64 bits per heavy atom. The number of carbonyl (C=O) groups is 1. The molecule has 0 atom stereocenters. The topological polar surface area (TPSA) is 67.2 Å². The molecule has 0 aliphatic rings. The van der Waals surface area contributed by atoms with Crippen LogP contribution in [0.25, 0.3) is 0 Å². The number of aromatic nitrogens is 1. The van der Waals surface area contributed by atoms with E-state index in [1.54, 1.807) is 30.7 Å². The van der Waals surface area contributed by atoms with Gasteiger partial charge in [-0.1, -0.05) is 23.7 Å². The zero-order valence-electron chi connectivity index (χ0n) is 13.5. The number of benzene rings is 1. The maximum absolute atomic E-state index is 12.0. The summed E-state index contributed by atoms with van der Waals surface area (Å²) in [5, 5.41) is 6.79. The van der Waals surface area contributed by atoms with Crippen LogP contribution in [0, 0.1) is 0 Å². The van der Waals surface area contributed by atoms with Crippen LogP contribution in [-0.2, 0) is 13.0 Å². The monoisotopic (exact) mass is 355 g/mol. The zero-order valence-corrected chi connectivity index (χ0v) is 14.3. The summed E-state index contributed by atoms with van der Waals surface area (Å²) in [5.41, 5.74) is 2.45. The third kappa shape index (κ3) is 5.09. The molecule has 0 saturated carbocycles. The molecule has 2 heterocycles. The van der Waals surface area contributed by atoms with Crippen molar-refractivity contribution in [2.75, 3.05) is 11.9 Å². The molecule has 2 N–H and O–H groups in total. The van der Waals surface area contributed by atoms with Crippen LogP contribution < -0.4 is 10.6 Å². The Hall–Kier alpha value is -2.79. The van der Waals surface area contributed by atoms with Crippen LogP contribution in [0.2, 0.25) is 5.02 Å².